The molecule has 1 heterocycles. The standard InChI is InChI=1S/C16H10BrF3S/c17-15(10-4-3-5-11(8-10)16(18,19)20)13-9-21-14-7-2-1-6-12(13)14/h1-9,15H. The third kappa shape index (κ3) is 2.85. The number of thiophene rings is 1. The van der Waals surface area contributed by atoms with E-state index in [2.05, 4.69) is 15.9 Å². The molecule has 3 rings (SSSR count). The first-order valence-electron chi connectivity index (χ1n) is 6.24. The van der Waals surface area contributed by atoms with Crippen molar-refractivity contribution >= 4 is 37.4 Å². The number of rotatable bonds is 2. The van der Waals surface area contributed by atoms with Crippen LogP contribution in [0.1, 0.15) is 21.5 Å². The van der Waals surface area contributed by atoms with E-state index in [-0.39, 0.29) is 4.83 Å². The van der Waals surface area contributed by atoms with E-state index in [9.17, 15) is 13.2 Å². The quantitative estimate of drug-likeness (QED) is 0.457. The predicted molar refractivity (Wildman–Crippen MR) is 84.0 cm³/mol. The van der Waals surface area contributed by atoms with Gasteiger partial charge in [-0.05, 0) is 34.0 Å². The van der Waals surface area contributed by atoms with Crippen molar-refractivity contribution in [2.45, 2.75) is 11.0 Å². The van der Waals surface area contributed by atoms with E-state index in [0.717, 1.165) is 21.7 Å². The van der Waals surface area contributed by atoms with Gasteiger partial charge in [-0.25, -0.2) is 0 Å². The van der Waals surface area contributed by atoms with E-state index in [0.29, 0.717) is 5.56 Å². The van der Waals surface area contributed by atoms with Crippen LogP contribution in [0.5, 0.6) is 0 Å². The summed E-state index contributed by atoms with van der Waals surface area (Å²) in [5.74, 6) is 0. The first-order valence-corrected chi connectivity index (χ1v) is 8.04. The molecule has 108 valence electrons. The van der Waals surface area contributed by atoms with Crippen molar-refractivity contribution in [1.29, 1.82) is 0 Å². The lowest BCUT2D eigenvalue weighted by Gasteiger charge is -2.13. The van der Waals surface area contributed by atoms with Crippen molar-refractivity contribution < 1.29 is 13.2 Å². The molecule has 0 amide bonds. The van der Waals surface area contributed by atoms with E-state index in [1.807, 2.05) is 29.6 Å². The highest BCUT2D eigenvalue weighted by Crippen LogP contribution is 2.40. The Bertz CT molecular complexity index is 776. The van der Waals surface area contributed by atoms with Gasteiger partial charge in [-0.3, -0.25) is 0 Å². The van der Waals surface area contributed by atoms with Gasteiger partial charge in [-0.2, -0.15) is 13.2 Å². The number of halogens is 4. The molecule has 0 saturated carbocycles. The summed E-state index contributed by atoms with van der Waals surface area (Å²) < 4.78 is 39.6. The smallest absolute Gasteiger partial charge is 0.166 e. The molecule has 0 spiro atoms. The Hall–Kier alpha value is -1.33. The topological polar surface area (TPSA) is 0 Å². The summed E-state index contributed by atoms with van der Waals surface area (Å²) in [5.41, 5.74) is 0.979. The molecule has 0 aliphatic rings. The highest BCUT2D eigenvalue weighted by molar-refractivity contribution is 9.09. The van der Waals surface area contributed by atoms with Gasteiger partial charge >= 0.3 is 6.18 Å². The molecule has 3 aromatic rings. The maximum absolute atomic E-state index is 12.8. The van der Waals surface area contributed by atoms with Gasteiger partial charge in [-0.1, -0.05) is 52.3 Å². The van der Waals surface area contributed by atoms with Crippen molar-refractivity contribution in [2.24, 2.45) is 0 Å². The van der Waals surface area contributed by atoms with Crippen LogP contribution in [0.15, 0.2) is 53.9 Å². The van der Waals surface area contributed by atoms with Crippen molar-refractivity contribution in [2.75, 3.05) is 0 Å². The van der Waals surface area contributed by atoms with Crippen molar-refractivity contribution in [1.82, 2.24) is 0 Å². The third-order valence-electron chi connectivity index (χ3n) is 3.29. The number of alkyl halides is 4. The zero-order chi connectivity index (χ0) is 15.0. The fourth-order valence-corrected chi connectivity index (χ4v) is 4.07. The molecule has 21 heavy (non-hydrogen) atoms. The molecule has 0 radical (unpaired) electrons. The Morgan fingerprint density at radius 3 is 2.52 bits per heavy atom. The molecule has 2 aromatic carbocycles. The van der Waals surface area contributed by atoms with E-state index in [4.69, 9.17) is 0 Å². The molecule has 0 aliphatic heterocycles. The summed E-state index contributed by atoms with van der Waals surface area (Å²) in [4.78, 5) is -0.254. The molecule has 0 N–H and O–H groups in total. The summed E-state index contributed by atoms with van der Waals surface area (Å²) in [6.07, 6.45) is -4.32. The average Bonchev–Trinajstić information content (AvgIpc) is 2.90. The Morgan fingerprint density at radius 2 is 1.76 bits per heavy atom. The molecule has 0 fully saturated rings. The summed E-state index contributed by atoms with van der Waals surface area (Å²) in [6, 6.07) is 13.3. The monoisotopic (exact) mass is 370 g/mol. The predicted octanol–water partition coefficient (Wildman–Crippen LogP) is 6.40. The summed E-state index contributed by atoms with van der Waals surface area (Å²) in [7, 11) is 0. The Balaban J connectivity index is 2.04. The molecule has 1 atom stereocenters. The van der Waals surface area contributed by atoms with Crippen LogP contribution in [0.25, 0.3) is 10.1 Å². The molecule has 5 heteroatoms. The van der Waals surface area contributed by atoms with Gasteiger partial charge in [0.15, 0.2) is 0 Å². The van der Waals surface area contributed by atoms with E-state index in [1.165, 1.54) is 12.1 Å². The molecule has 0 nitrogen and oxygen atoms in total. The maximum Gasteiger partial charge on any atom is 0.416 e. The molecule has 1 aromatic heterocycles. The fourth-order valence-electron chi connectivity index (χ4n) is 2.25. The van der Waals surface area contributed by atoms with Gasteiger partial charge < -0.3 is 0 Å². The van der Waals surface area contributed by atoms with Gasteiger partial charge in [0.05, 0.1) is 10.4 Å². The molecular weight excluding hydrogens is 361 g/mol. The zero-order valence-electron chi connectivity index (χ0n) is 10.7. The van der Waals surface area contributed by atoms with Gasteiger partial charge in [0, 0.05) is 4.70 Å². The lowest BCUT2D eigenvalue weighted by molar-refractivity contribution is -0.137. The van der Waals surface area contributed by atoms with Gasteiger partial charge in [0.25, 0.3) is 0 Å². The Labute approximate surface area is 132 Å². The van der Waals surface area contributed by atoms with Crippen LogP contribution in [-0.4, -0.2) is 0 Å². The highest BCUT2D eigenvalue weighted by Gasteiger charge is 2.31. The number of hydrogen-bond donors (Lipinski definition) is 0. The molecule has 0 aliphatic carbocycles. The van der Waals surface area contributed by atoms with Crippen LogP contribution in [0.4, 0.5) is 13.2 Å². The zero-order valence-corrected chi connectivity index (χ0v) is 13.1. The average molecular weight is 371 g/mol. The minimum absolute atomic E-state index is 0.254. The minimum atomic E-state index is -4.32. The Morgan fingerprint density at radius 1 is 1.00 bits per heavy atom. The second-order valence-electron chi connectivity index (χ2n) is 4.67. The third-order valence-corrected chi connectivity index (χ3v) is 5.29. The number of fused-ring (bicyclic) bond motifs is 1. The summed E-state index contributed by atoms with van der Waals surface area (Å²) in [6.45, 7) is 0. The lowest BCUT2D eigenvalue weighted by atomic mass is 10.0. The van der Waals surface area contributed by atoms with Crippen molar-refractivity contribution in [3.63, 3.8) is 0 Å². The minimum Gasteiger partial charge on any atom is -0.166 e. The summed E-state index contributed by atoms with van der Waals surface area (Å²) in [5, 5.41) is 3.06. The van der Waals surface area contributed by atoms with Crippen molar-refractivity contribution in [3.05, 3.63) is 70.6 Å². The van der Waals surface area contributed by atoms with Crippen LogP contribution in [0.3, 0.4) is 0 Å². The largest absolute Gasteiger partial charge is 0.416 e. The number of hydrogen-bond acceptors (Lipinski definition) is 1. The molecular formula is C16H10BrF3S. The van der Waals surface area contributed by atoms with Crippen LogP contribution in [-0.2, 0) is 6.18 Å². The van der Waals surface area contributed by atoms with E-state index in [1.54, 1.807) is 17.4 Å². The van der Waals surface area contributed by atoms with Crippen LogP contribution < -0.4 is 0 Å². The van der Waals surface area contributed by atoms with Crippen LogP contribution in [0, 0.1) is 0 Å². The molecule has 0 saturated heterocycles. The van der Waals surface area contributed by atoms with E-state index < -0.39 is 11.7 Å². The lowest BCUT2D eigenvalue weighted by Crippen LogP contribution is -2.05. The first-order chi connectivity index (χ1) is 9.97. The Kier molecular flexibility index (Phi) is 3.80. The maximum atomic E-state index is 12.8. The van der Waals surface area contributed by atoms with Gasteiger partial charge in [0.1, 0.15) is 0 Å². The van der Waals surface area contributed by atoms with Gasteiger partial charge in [-0.15, -0.1) is 11.3 Å². The summed E-state index contributed by atoms with van der Waals surface area (Å²) >= 11 is 5.13. The fraction of sp³-hybridized carbons (Fsp3) is 0.125. The second-order valence-corrected chi connectivity index (χ2v) is 6.50. The molecule has 0 bridgehead atoms. The second kappa shape index (κ2) is 5.46. The van der Waals surface area contributed by atoms with Crippen LogP contribution in [0.2, 0.25) is 0 Å². The van der Waals surface area contributed by atoms with E-state index >= 15 is 0 Å². The normalized spacial score (nSPS) is 13.5. The van der Waals surface area contributed by atoms with Gasteiger partial charge in [0.2, 0.25) is 0 Å². The SMILES string of the molecule is FC(F)(F)c1cccc(C(Br)c2csc3ccccc23)c1. The van der Waals surface area contributed by atoms with Crippen molar-refractivity contribution in [3.8, 4) is 0 Å². The number of benzene rings is 2. The molecule has 1 unspecified atom stereocenters. The first kappa shape index (κ1) is 14.6. The highest BCUT2D eigenvalue weighted by atomic mass is 79.9. The van der Waals surface area contributed by atoms with Crippen LogP contribution >= 0.6 is 27.3 Å².